The van der Waals surface area contributed by atoms with Crippen LogP contribution in [0, 0.1) is 6.92 Å². The highest BCUT2D eigenvalue weighted by atomic mass is 16.5. The van der Waals surface area contributed by atoms with Crippen LogP contribution in [-0.4, -0.2) is 17.3 Å². The van der Waals surface area contributed by atoms with Gasteiger partial charge in [0, 0.05) is 17.3 Å². The molecule has 0 N–H and O–H groups in total. The fourth-order valence-electron chi connectivity index (χ4n) is 2.57. The van der Waals surface area contributed by atoms with Crippen LogP contribution in [0.3, 0.4) is 0 Å². The van der Waals surface area contributed by atoms with Crippen molar-refractivity contribution in [3.8, 4) is 5.75 Å². The van der Waals surface area contributed by atoms with Crippen LogP contribution in [0.2, 0.25) is 0 Å². The van der Waals surface area contributed by atoms with Gasteiger partial charge in [-0.3, -0.25) is 4.79 Å². The number of benzene rings is 1. The Bertz CT molecular complexity index is 772. The van der Waals surface area contributed by atoms with E-state index in [1.54, 1.807) is 7.11 Å². The second-order valence-electron chi connectivity index (χ2n) is 4.66. The number of pyridine rings is 1. The molecule has 0 aliphatic carbocycles. The Hall–Kier alpha value is -2.55. The summed E-state index contributed by atoms with van der Waals surface area (Å²) in [6.45, 7) is 1.92. The first-order chi connectivity index (χ1) is 9.74. The Kier molecular flexibility index (Phi) is 3.03. The molecule has 0 saturated heterocycles. The number of ether oxygens (including phenoxy) is 1. The number of methoxy groups -OCH3 is 1. The molecule has 0 atom stereocenters. The van der Waals surface area contributed by atoms with Gasteiger partial charge in [-0.05, 0) is 19.1 Å². The minimum atomic E-state index is 0.00704. The van der Waals surface area contributed by atoms with Crippen molar-refractivity contribution in [2.45, 2.75) is 6.92 Å². The molecule has 0 unspecified atom stereocenters. The first kappa shape index (κ1) is 12.5. The van der Waals surface area contributed by atoms with Gasteiger partial charge in [-0.15, -0.1) is 0 Å². The van der Waals surface area contributed by atoms with Crippen molar-refractivity contribution in [1.29, 1.82) is 0 Å². The quantitative estimate of drug-likeness (QED) is 0.679. The molecule has 0 fully saturated rings. The third kappa shape index (κ3) is 1.79. The molecule has 0 radical (unpaired) electrons. The molecule has 2 aromatic heterocycles. The molecule has 0 amide bonds. The van der Waals surface area contributed by atoms with E-state index in [9.17, 15) is 4.79 Å². The molecule has 3 nitrogen and oxygen atoms in total. The lowest BCUT2D eigenvalue weighted by atomic mass is 10.1. The molecular formula is C17H15NO2. The van der Waals surface area contributed by atoms with Gasteiger partial charge in [-0.1, -0.05) is 36.4 Å². The highest BCUT2D eigenvalue weighted by molar-refractivity contribution is 6.10. The van der Waals surface area contributed by atoms with Gasteiger partial charge in [-0.2, -0.15) is 0 Å². The summed E-state index contributed by atoms with van der Waals surface area (Å²) in [5.41, 5.74) is 3.12. The minimum Gasteiger partial charge on any atom is -0.494 e. The van der Waals surface area contributed by atoms with E-state index >= 15 is 0 Å². The molecule has 0 aliphatic heterocycles. The van der Waals surface area contributed by atoms with E-state index in [0.29, 0.717) is 11.3 Å². The van der Waals surface area contributed by atoms with Crippen LogP contribution in [0.4, 0.5) is 0 Å². The maximum absolute atomic E-state index is 12.7. The van der Waals surface area contributed by atoms with E-state index in [1.807, 2.05) is 66.1 Å². The topological polar surface area (TPSA) is 30.7 Å². The third-order valence-corrected chi connectivity index (χ3v) is 3.48. The molecule has 3 heteroatoms. The number of nitrogens with zero attached hydrogens (tertiary/aromatic N) is 1. The number of carbonyl (C=O) groups excluding carboxylic acids is 1. The summed E-state index contributed by atoms with van der Waals surface area (Å²) >= 11 is 0. The van der Waals surface area contributed by atoms with E-state index in [-0.39, 0.29) is 5.78 Å². The SMILES string of the molecule is COc1c(C)c(C(=O)c2ccccc2)n2ccccc12. The average Bonchev–Trinajstić information content (AvgIpc) is 2.79. The summed E-state index contributed by atoms with van der Waals surface area (Å²) in [4.78, 5) is 12.7. The van der Waals surface area contributed by atoms with Gasteiger partial charge in [0.05, 0.1) is 12.6 Å². The maximum atomic E-state index is 12.7. The average molecular weight is 265 g/mol. The van der Waals surface area contributed by atoms with E-state index in [4.69, 9.17) is 4.74 Å². The first-order valence-electron chi connectivity index (χ1n) is 6.47. The molecule has 0 saturated carbocycles. The Balaban J connectivity index is 2.27. The molecule has 3 aromatic rings. The van der Waals surface area contributed by atoms with E-state index in [0.717, 1.165) is 16.8 Å². The summed E-state index contributed by atoms with van der Waals surface area (Å²) in [6.07, 6.45) is 1.89. The smallest absolute Gasteiger partial charge is 0.210 e. The fourth-order valence-corrected chi connectivity index (χ4v) is 2.57. The highest BCUT2D eigenvalue weighted by Crippen LogP contribution is 2.31. The second kappa shape index (κ2) is 4.85. The van der Waals surface area contributed by atoms with Crippen LogP contribution in [0.1, 0.15) is 21.6 Å². The highest BCUT2D eigenvalue weighted by Gasteiger charge is 2.21. The number of fused-ring (bicyclic) bond motifs is 1. The molecule has 20 heavy (non-hydrogen) atoms. The van der Waals surface area contributed by atoms with Crippen LogP contribution >= 0.6 is 0 Å². The van der Waals surface area contributed by atoms with Gasteiger partial charge in [0.2, 0.25) is 5.78 Å². The number of aromatic nitrogens is 1. The Morgan fingerprint density at radius 3 is 2.45 bits per heavy atom. The van der Waals surface area contributed by atoms with Crippen molar-refractivity contribution in [3.63, 3.8) is 0 Å². The monoisotopic (exact) mass is 265 g/mol. The lowest BCUT2D eigenvalue weighted by Gasteiger charge is -2.03. The van der Waals surface area contributed by atoms with Crippen LogP contribution in [0.15, 0.2) is 54.7 Å². The lowest BCUT2D eigenvalue weighted by Crippen LogP contribution is -2.06. The predicted molar refractivity (Wildman–Crippen MR) is 78.6 cm³/mol. The molecule has 0 spiro atoms. The Morgan fingerprint density at radius 2 is 1.75 bits per heavy atom. The molecular weight excluding hydrogens is 250 g/mol. The molecule has 3 rings (SSSR count). The lowest BCUT2D eigenvalue weighted by molar-refractivity contribution is 0.103. The van der Waals surface area contributed by atoms with Crippen LogP contribution in [0.5, 0.6) is 5.75 Å². The summed E-state index contributed by atoms with van der Waals surface area (Å²) in [7, 11) is 1.63. The fraction of sp³-hybridized carbons (Fsp3) is 0.118. The Labute approximate surface area is 117 Å². The first-order valence-corrected chi connectivity index (χ1v) is 6.47. The zero-order valence-electron chi connectivity index (χ0n) is 11.5. The number of ketones is 1. The van der Waals surface area contributed by atoms with Crippen LogP contribution in [0.25, 0.3) is 5.52 Å². The molecule has 0 aliphatic rings. The number of rotatable bonds is 3. The van der Waals surface area contributed by atoms with Gasteiger partial charge in [0.25, 0.3) is 0 Å². The largest absolute Gasteiger partial charge is 0.494 e. The van der Waals surface area contributed by atoms with Crippen molar-refractivity contribution >= 4 is 11.3 Å². The third-order valence-electron chi connectivity index (χ3n) is 3.48. The molecule has 100 valence electrons. The van der Waals surface area contributed by atoms with Gasteiger partial charge in [0.1, 0.15) is 11.4 Å². The summed E-state index contributed by atoms with van der Waals surface area (Å²) in [5.74, 6) is 0.762. The number of hydrogen-bond acceptors (Lipinski definition) is 2. The molecule has 0 bridgehead atoms. The second-order valence-corrected chi connectivity index (χ2v) is 4.66. The standard InChI is InChI=1S/C17H15NO2/c1-12-15(16(19)13-8-4-3-5-9-13)18-11-7-6-10-14(18)17(12)20-2/h3-11H,1-2H3. The molecule has 1 aromatic carbocycles. The van der Waals surface area contributed by atoms with Gasteiger partial charge < -0.3 is 9.14 Å². The van der Waals surface area contributed by atoms with E-state index in [2.05, 4.69) is 0 Å². The van der Waals surface area contributed by atoms with Gasteiger partial charge in [-0.25, -0.2) is 0 Å². The van der Waals surface area contributed by atoms with Crippen LogP contribution < -0.4 is 4.74 Å². The zero-order valence-corrected chi connectivity index (χ0v) is 11.5. The van der Waals surface area contributed by atoms with E-state index in [1.165, 1.54) is 0 Å². The van der Waals surface area contributed by atoms with Gasteiger partial charge >= 0.3 is 0 Å². The summed E-state index contributed by atoms with van der Waals surface area (Å²) in [6, 6.07) is 15.1. The maximum Gasteiger partial charge on any atom is 0.210 e. The summed E-state index contributed by atoms with van der Waals surface area (Å²) < 4.78 is 7.34. The van der Waals surface area contributed by atoms with Crippen molar-refractivity contribution in [3.05, 3.63) is 71.5 Å². The van der Waals surface area contributed by atoms with Gasteiger partial charge in [0.15, 0.2) is 0 Å². The van der Waals surface area contributed by atoms with E-state index < -0.39 is 0 Å². The Morgan fingerprint density at radius 1 is 1.05 bits per heavy atom. The minimum absolute atomic E-state index is 0.00704. The molecule has 2 heterocycles. The van der Waals surface area contributed by atoms with Crippen molar-refractivity contribution in [1.82, 2.24) is 4.40 Å². The number of hydrogen-bond donors (Lipinski definition) is 0. The predicted octanol–water partition coefficient (Wildman–Crippen LogP) is 3.49. The van der Waals surface area contributed by atoms with Crippen molar-refractivity contribution in [2.24, 2.45) is 0 Å². The normalized spacial score (nSPS) is 10.7. The summed E-state index contributed by atoms with van der Waals surface area (Å²) in [5, 5.41) is 0. The number of carbonyl (C=O) groups is 1. The van der Waals surface area contributed by atoms with Crippen LogP contribution in [-0.2, 0) is 0 Å². The van der Waals surface area contributed by atoms with Crippen molar-refractivity contribution in [2.75, 3.05) is 7.11 Å². The van der Waals surface area contributed by atoms with Crippen molar-refractivity contribution < 1.29 is 9.53 Å². The zero-order chi connectivity index (χ0) is 14.1.